The molecule has 0 saturated carbocycles. The molecule has 0 radical (unpaired) electrons. The van der Waals surface area contributed by atoms with E-state index in [-0.39, 0.29) is 4.88 Å². The molecule has 2 N–H and O–H groups in total. The summed E-state index contributed by atoms with van der Waals surface area (Å²) < 4.78 is 0. The summed E-state index contributed by atoms with van der Waals surface area (Å²) in [6, 6.07) is 18.0. The minimum atomic E-state index is -0.944. The molecular formula is C17H14N2O2S2. The normalized spacial score (nSPS) is 10.5. The van der Waals surface area contributed by atoms with Gasteiger partial charge in [0.2, 0.25) is 0 Å². The second-order valence-electron chi connectivity index (χ2n) is 4.77. The van der Waals surface area contributed by atoms with Gasteiger partial charge in [-0.3, -0.25) is 0 Å². The van der Waals surface area contributed by atoms with Crippen LogP contribution in [0.15, 0.2) is 64.4 Å². The number of nitrogens with zero attached hydrogens (tertiary/aromatic N) is 1. The summed E-state index contributed by atoms with van der Waals surface area (Å²) in [4.78, 5) is 17.9. The highest BCUT2D eigenvalue weighted by molar-refractivity contribution is 7.99. The van der Waals surface area contributed by atoms with Crippen LogP contribution < -0.4 is 5.32 Å². The number of nitrogens with one attached hydrogen (secondary N) is 1. The number of benzene rings is 2. The molecular weight excluding hydrogens is 328 g/mol. The molecule has 0 spiro atoms. The Morgan fingerprint density at radius 2 is 1.83 bits per heavy atom. The van der Waals surface area contributed by atoms with Crippen LogP contribution in [0.3, 0.4) is 0 Å². The fourth-order valence-electron chi connectivity index (χ4n) is 2.04. The number of hydrogen-bond acceptors (Lipinski definition) is 5. The number of rotatable bonds is 5. The zero-order chi connectivity index (χ0) is 16.2. The van der Waals surface area contributed by atoms with Crippen LogP contribution >= 0.6 is 23.1 Å². The van der Waals surface area contributed by atoms with E-state index < -0.39 is 5.97 Å². The van der Waals surface area contributed by atoms with Gasteiger partial charge in [-0.1, -0.05) is 53.4 Å². The number of carbonyl (C=O) groups is 1. The zero-order valence-corrected chi connectivity index (χ0v) is 13.9. The van der Waals surface area contributed by atoms with E-state index in [0.717, 1.165) is 26.8 Å². The lowest BCUT2D eigenvalue weighted by molar-refractivity contribution is 0.0701. The SMILES string of the molecule is Cc1nc(Nc2ccccc2Sc2ccccc2)sc1C(=O)O. The topological polar surface area (TPSA) is 62.2 Å². The molecule has 0 aliphatic carbocycles. The molecule has 0 aliphatic heterocycles. The van der Waals surface area contributed by atoms with Crippen molar-refractivity contribution in [1.29, 1.82) is 0 Å². The Morgan fingerprint density at radius 1 is 1.13 bits per heavy atom. The molecule has 0 atom stereocenters. The highest BCUT2D eigenvalue weighted by atomic mass is 32.2. The first-order valence-electron chi connectivity index (χ1n) is 6.93. The van der Waals surface area contributed by atoms with Crippen molar-refractivity contribution in [2.45, 2.75) is 16.7 Å². The van der Waals surface area contributed by atoms with Gasteiger partial charge in [0.05, 0.1) is 11.4 Å². The molecule has 0 aliphatic rings. The maximum absolute atomic E-state index is 11.1. The second-order valence-corrected chi connectivity index (χ2v) is 6.89. The van der Waals surface area contributed by atoms with Gasteiger partial charge in [-0.25, -0.2) is 9.78 Å². The van der Waals surface area contributed by atoms with Gasteiger partial charge < -0.3 is 10.4 Å². The summed E-state index contributed by atoms with van der Waals surface area (Å²) in [5.74, 6) is -0.944. The molecule has 23 heavy (non-hydrogen) atoms. The van der Waals surface area contributed by atoms with Crippen LogP contribution in [0.5, 0.6) is 0 Å². The van der Waals surface area contributed by atoms with E-state index in [1.807, 2.05) is 42.5 Å². The third kappa shape index (κ3) is 3.72. The number of para-hydroxylation sites is 1. The highest BCUT2D eigenvalue weighted by Gasteiger charge is 2.14. The van der Waals surface area contributed by atoms with Crippen LogP contribution in [0.1, 0.15) is 15.4 Å². The third-order valence-electron chi connectivity index (χ3n) is 3.09. The number of hydrogen-bond donors (Lipinski definition) is 2. The average Bonchev–Trinajstić information content (AvgIpc) is 2.91. The number of anilines is 2. The monoisotopic (exact) mass is 342 g/mol. The lowest BCUT2D eigenvalue weighted by Gasteiger charge is -2.09. The molecule has 2 aromatic carbocycles. The van der Waals surface area contributed by atoms with Crippen molar-refractivity contribution < 1.29 is 9.90 Å². The standard InChI is InChI=1S/C17H14N2O2S2/c1-11-15(16(20)21)23-17(18-11)19-13-9-5-6-10-14(13)22-12-7-3-2-4-8-12/h2-10H,1H3,(H,18,19)(H,20,21). The van der Waals surface area contributed by atoms with Crippen molar-refractivity contribution in [2.75, 3.05) is 5.32 Å². The summed E-state index contributed by atoms with van der Waals surface area (Å²) in [6.45, 7) is 1.70. The Kier molecular flexibility index (Phi) is 4.64. The quantitative estimate of drug-likeness (QED) is 0.680. The maximum Gasteiger partial charge on any atom is 0.347 e. The lowest BCUT2D eigenvalue weighted by atomic mass is 10.3. The zero-order valence-electron chi connectivity index (χ0n) is 12.3. The number of carboxylic acid groups (broad SMARTS) is 1. The van der Waals surface area contributed by atoms with Crippen molar-refractivity contribution in [3.8, 4) is 0 Å². The largest absolute Gasteiger partial charge is 0.477 e. The van der Waals surface area contributed by atoms with Gasteiger partial charge in [-0.2, -0.15) is 0 Å². The molecule has 1 heterocycles. The van der Waals surface area contributed by atoms with Gasteiger partial charge in [-0.15, -0.1) is 0 Å². The van der Waals surface area contributed by atoms with Crippen molar-refractivity contribution in [1.82, 2.24) is 4.98 Å². The molecule has 0 unspecified atom stereocenters. The summed E-state index contributed by atoms with van der Waals surface area (Å²) in [5, 5.41) is 12.9. The number of carboxylic acids is 1. The van der Waals surface area contributed by atoms with Gasteiger partial charge >= 0.3 is 5.97 Å². The third-order valence-corrected chi connectivity index (χ3v) is 5.24. The Balaban J connectivity index is 1.86. The van der Waals surface area contributed by atoms with Crippen LogP contribution in [0, 0.1) is 6.92 Å². The molecule has 116 valence electrons. The lowest BCUT2D eigenvalue weighted by Crippen LogP contribution is -1.94. The van der Waals surface area contributed by atoms with Crippen LogP contribution in [-0.2, 0) is 0 Å². The van der Waals surface area contributed by atoms with E-state index in [0.29, 0.717) is 10.8 Å². The van der Waals surface area contributed by atoms with Gasteiger partial charge in [0, 0.05) is 9.79 Å². The first kappa shape index (κ1) is 15.6. The van der Waals surface area contributed by atoms with E-state index in [1.54, 1.807) is 18.7 Å². The average molecular weight is 342 g/mol. The fraction of sp³-hybridized carbons (Fsp3) is 0.0588. The number of aromatic nitrogens is 1. The van der Waals surface area contributed by atoms with Gasteiger partial charge in [-0.05, 0) is 31.2 Å². The molecule has 3 rings (SSSR count). The van der Waals surface area contributed by atoms with Crippen molar-refractivity contribution in [3.05, 3.63) is 65.2 Å². The number of thiazole rings is 1. The summed E-state index contributed by atoms with van der Waals surface area (Å²) in [5.41, 5.74) is 1.44. The Hall–Kier alpha value is -2.31. The molecule has 0 saturated heterocycles. The molecule has 1 aromatic heterocycles. The van der Waals surface area contributed by atoms with Crippen molar-refractivity contribution >= 4 is 39.9 Å². The molecule has 0 bridgehead atoms. The van der Waals surface area contributed by atoms with E-state index in [2.05, 4.69) is 22.4 Å². The summed E-state index contributed by atoms with van der Waals surface area (Å²) in [6.07, 6.45) is 0. The van der Waals surface area contributed by atoms with Crippen LogP contribution in [0.25, 0.3) is 0 Å². The van der Waals surface area contributed by atoms with Crippen molar-refractivity contribution in [2.24, 2.45) is 0 Å². The second kappa shape index (κ2) is 6.85. The van der Waals surface area contributed by atoms with Crippen LogP contribution in [-0.4, -0.2) is 16.1 Å². The van der Waals surface area contributed by atoms with E-state index in [4.69, 9.17) is 5.11 Å². The highest BCUT2D eigenvalue weighted by Crippen LogP contribution is 2.35. The van der Waals surface area contributed by atoms with Crippen molar-refractivity contribution in [3.63, 3.8) is 0 Å². The number of aryl methyl sites for hydroxylation is 1. The first-order chi connectivity index (χ1) is 11.1. The Bertz CT molecular complexity index is 832. The van der Waals surface area contributed by atoms with E-state index in [1.165, 1.54) is 0 Å². The minimum absolute atomic E-state index is 0.265. The Labute approximate surface area is 142 Å². The van der Waals surface area contributed by atoms with Crippen LogP contribution in [0.2, 0.25) is 0 Å². The van der Waals surface area contributed by atoms with Gasteiger partial charge in [0.25, 0.3) is 0 Å². The summed E-state index contributed by atoms with van der Waals surface area (Å²) in [7, 11) is 0. The first-order valence-corrected chi connectivity index (χ1v) is 8.56. The van der Waals surface area contributed by atoms with E-state index in [9.17, 15) is 4.79 Å². The minimum Gasteiger partial charge on any atom is -0.477 e. The molecule has 6 heteroatoms. The molecule has 4 nitrogen and oxygen atoms in total. The maximum atomic E-state index is 11.1. The van der Waals surface area contributed by atoms with Crippen LogP contribution in [0.4, 0.5) is 10.8 Å². The van der Waals surface area contributed by atoms with Gasteiger partial charge in [0.1, 0.15) is 4.88 Å². The summed E-state index contributed by atoms with van der Waals surface area (Å²) >= 11 is 2.80. The fourth-order valence-corrected chi connectivity index (χ4v) is 3.78. The smallest absolute Gasteiger partial charge is 0.347 e. The predicted molar refractivity (Wildman–Crippen MR) is 94.1 cm³/mol. The molecule has 0 amide bonds. The Morgan fingerprint density at radius 3 is 2.52 bits per heavy atom. The molecule has 3 aromatic rings. The predicted octanol–water partition coefficient (Wildman–Crippen LogP) is 5.04. The van der Waals surface area contributed by atoms with E-state index >= 15 is 0 Å². The number of aromatic carboxylic acids is 1. The molecule has 0 fully saturated rings. The van der Waals surface area contributed by atoms with Gasteiger partial charge in [0.15, 0.2) is 5.13 Å².